The minimum absolute atomic E-state index is 0.0688. The van der Waals surface area contributed by atoms with Gasteiger partial charge in [0, 0.05) is 29.3 Å². The Morgan fingerprint density at radius 3 is 2.77 bits per heavy atom. The molecule has 30 heavy (non-hydrogen) atoms. The van der Waals surface area contributed by atoms with Gasteiger partial charge in [0.05, 0.1) is 17.1 Å². The number of nitrogens with zero attached hydrogens (tertiary/aromatic N) is 1. The zero-order chi connectivity index (χ0) is 21.0. The van der Waals surface area contributed by atoms with Gasteiger partial charge in [-0.25, -0.2) is 12.8 Å². The van der Waals surface area contributed by atoms with Gasteiger partial charge in [-0.05, 0) is 31.6 Å². The second kappa shape index (κ2) is 6.92. The maximum absolute atomic E-state index is 14.0. The first-order chi connectivity index (χ1) is 14.3. The van der Waals surface area contributed by atoms with Gasteiger partial charge in [0.2, 0.25) is 5.78 Å². The number of halogens is 1. The van der Waals surface area contributed by atoms with Gasteiger partial charge < -0.3 is 9.47 Å². The molecule has 5 rings (SSSR count). The molecule has 0 aromatic heterocycles. The van der Waals surface area contributed by atoms with Gasteiger partial charge in [-0.2, -0.15) is 0 Å². The van der Waals surface area contributed by atoms with Crippen LogP contribution in [0.25, 0.3) is 6.08 Å². The third-order valence-electron chi connectivity index (χ3n) is 5.88. The predicted molar refractivity (Wildman–Crippen MR) is 109 cm³/mol. The molecule has 1 unspecified atom stereocenters. The van der Waals surface area contributed by atoms with E-state index in [0.717, 1.165) is 5.56 Å². The van der Waals surface area contributed by atoms with E-state index in [1.807, 2.05) is 11.8 Å². The third kappa shape index (κ3) is 3.20. The Labute approximate surface area is 173 Å². The molecule has 6 nitrogen and oxygen atoms in total. The molecule has 0 saturated carbocycles. The number of hydrogen-bond donors (Lipinski definition) is 0. The van der Waals surface area contributed by atoms with Crippen LogP contribution >= 0.6 is 0 Å². The molecule has 2 aromatic rings. The number of ether oxygens (including phenoxy) is 2. The van der Waals surface area contributed by atoms with Crippen LogP contribution in [0.1, 0.15) is 33.5 Å². The molecule has 0 aliphatic carbocycles. The molecule has 0 spiro atoms. The number of benzene rings is 2. The van der Waals surface area contributed by atoms with Crippen LogP contribution in [0.2, 0.25) is 0 Å². The van der Waals surface area contributed by atoms with Gasteiger partial charge in [-0.3, -0.25) is 9.69 Å². The Morgan fingerprint density at radius 1 is 1.23 bits per heavy atom. The van der Waals surface area contributed by atoms with E-state index >= 15 is 0 Å². The van der Waals surface area contributed by atoms with Crippen LogP contribution in [-0.2, 0) is 16.4 Å². The number of Topliss-reactive ketones (excluding diaryl/α,β-unsaturated/α-hetero) is 1. The summed E-state index contributed by atoms with van der Waals surface area (Å²) in [6.07, 6.45) is 2.00. The summed E-state index contributed by atoms with van der Waals surface area (Å²) in [5.74, 6) is 0.746. The number of ketones is 1. The Hall–Kier alpha value is -2.71. The van der Waals surface area contributed by atoms with Crippen LogP contribution in [0.5, 0.6) is 11.5 Å². The lowest BCUT2D eigenvalue weighted by atomic mass is 9.99. The molecule has 3 heterocycles. The van der Waals surface area contributed by atoms with Crippen molar-refractivity contribution in [2.45, 2.75) is 25.9 Å². The number of carbonyl (C=O) groups excluding carboxylic acids is 1. The molecule has 0 bridgehead atoms. The maximum atomic E-state index is 14.0. The van der Waals surface area contributed by atoms with Gasteiger partial charge in [0.1, 0.15) is 24.0 Å². The summed E-state index contributed by atoms with van der Waals surface area (Å²) >= 11 is 0. The lowest BCUT2D eigenvalue weighted by Crippen LogP contribution is -2.41. The molecule has 1 saturated heterocycles. The highest BCUT2D eigenvalue weighted by atomic mass is 32.2. The van der Waals surface area contributed by atoms with Crippen LogP contribution in [0.15, 0.2) is 36.1 Å². The monoisotopic (exact) mass is 429 g/mol. The molecule has 8 heteroatoms. The molecule has 156 valence electrons. The zero-order valence-electron chi connectivity index (χ0n) is 16.4. The van der Waals surface area contributed by atoms with Crippen LogP contribution in [0.3, 0.4) is 0 Å². The van der Waals surface area contributed by atoms with Crippen molar-refractivity contribution >= 4 is 21.7 Å². The Bertz CT molecular complexity index is 1200. The number of carbonyl (C=O) groups is 1. The summed E-state index contributed by atoms with van der Waals surface area (Å²) < 4.78 is 49.4. The van der Waals surface area contributed by atoms with Gasteiger partial charge in [0.25, 0.3) is 0 Å². The molecule has 0 amide bonds. The van der Waals surface area contributed by atoms with Crippen molar-refractivity contribution in [1.82, 2.24) is 4.90 Å². The Kier molecular flexibility index (Phi) is 4.44. The number of fused-ring (bicyclic) bond motifs is 2. The van der Waals surface area contributed by atoms with E-state index in [1.165, 1.54) is 12.1 Å². The number of hydrogen-bond acceptors (Lipinski definition) is 6. The molecule has 1 fully saturated rings. The number of allylic oxidation sites excluding steroid dienone is 1. The van der Waals surface area contributed by atoms with E-state index in [9.17, 15) is 17.6 Å². The van der Waals surface area contributed by atoms with E-state index in [4.69, 9.17) is 9.47 Å². The lowest BCUT2D eigenvalue weighted by molar-refractivity contribution is 0.0637. The summed E-state index contributed by atoms with van der Waals surface area (Å²) in [7, 11) is -3.00. The van der Waals surface area contributed by atoms with Gasteiger partial charge in [-0.1, -0.05) is 18.2 Å². The fourth-order valence-corrected chi connectivity index (χ4v) is 6.06. The zero-order valence-corrected chi connectivity index (χ0v) is 17.2. The third-order valence-corrected chi connectivity index (χ3v) is 7.63. The van der Waals surface area contributed by atoms with E-state index in [-0.39, 0.29) is 34.7 Å². The van der Waals surface area contributed by atoms with Crippen molar-refractivity contribution < 1.29 is 27.1 Å². The standard InChI is InChI=1S/C22H20FNO5S/c1-13-21-15(10-24(12-28-21)16-6-7-30(26,27)11-16)8-17-20(25)19(29-22(13)17)9-14-4-2-3-5-18(14)23/h2-5,8-9,16H,6-7,10-12H2,1H3. The summed E-state index contributed by atoms with van der Waals surface area (Å²) in [4.78, 5) is 14.9. The normalized spacial score (nSPS) is 23.7. The highest BCUT2D eigenvalue weighted by Crippen LogP contribution is 2.43. The van der Waals surface area contributed by atoms with E-state index in [2.05, 4.69) is 0 Å². The molecular weight excluding hydrogens is 409 g/mol. The minimum Gasteiger partial charge on any atom is -0.477 e. The molecule has 0 N–H and O–H groups in total. The van der Waals surface area contributed by atoms with E-state index < -0.39 is 15.7 Å². The maximum Gasteiger partial charge on any atom is 0.231 e. The van der Waals surface area contributed by atoms with Crippen molar-refractivity contribution in [3.8, 4) is 11.5 Å². The summed E-state index contributed by atoms with van der Waals surface area (Å²) in [6.45, 7) is 2.62. The highest BCUT2D eigenvalue weighted by molar-refractivity contribution is 7.91. The smallest absolute Gasteiger partial charge is 0.231 e. The van der Waals surface area contributed by atoms with Crippen molar-refractivity contribution in [1.29, 1.82) is 0 Å². The minimum atomic E-state index is -3.00. The first kappa shape index (κ1) is 19.3. The molecular formula is C22H20FNO5S. The lowest BCUT2D eigenvalue weighted by Gasteiger charge is -2.33. The largest absolute Gasteiger partial charge is 0.477 e. The predicted octanol–water partition coefficient (Wildman–Crippen LogP) is 3.09. The molecule has 1 atom stereocenters. The van der Waals surface area contributed by atoms with E-state index in [1.54, 1.807) is 24.3 Å². The Morgan fingerprint density at radius 2 is 2.03 bits per heavy atom. The molecule has 2 aromatic carbocycles. The quantitative estimate of drug-likeness (QED) is 0.684. The van der Waals surface area contributed by atoms with Crippen LogP contribution in [0.4, 0.5) is 4.39 Å². The number of sulfone groups is 1. The summed E-state index contributed by atoms with van der Waals surface area (Å²) in [5.41, 5.74) is 2.23. The summed E-state index contributed by atoms with van der Waals surface area (Å²) in [6, 6.07) is 7.85. The highest BCUT2D eigenvalue weighted by Gasteiger charge is 2.37. The SMILES string of the molecule is Cc1c2c(cc3c1OC(=Cc1ccccc1F)C3=O)CN(C1CCS(=O)(=O)C1)CO2. The Balaban J connectivity index is 1.46. The van der Waals surface area contributed by atoms with Crippen LogP contribution in [-0.4, -0.2) is 43.4 Å². The van der Waals surface area contributed by atoms with Gasteiger partial charge in [-0.15, -0.1) is 0 Å². The van der Waals surface area contributed by atoms with E-state index in [0.29, 0.717) is 42.3 Å². The van der Waals surface area contributed by atoms with Crippen molar-refractivity contribution in [2.24, 2.45) is 0 Å². The first-order valence-corrected chi connectivity index (χ1v) is 11.6. The first-order valence-electron chi connectivity index (χ1n) is 9.75. The van der Waals surface area contributed by atoms with Crippen LogP contribution < -0.4 is 9.47 Å². The average molecular weight is 429 g/mol. The van der Waals surface area contributed by atoms with Crippen molar-refractivity contribution in [3.05, 3.63) is 64.2 Å². The summed E-state index contributed by atoms with van der Waals surface area (Å²) in [5, 5.41) is 0. The van der Waals surface area contributed by atoms with Gasteiger partial charge in [0.15, 0.2) is 15.6 Å². The molecule has 0 radical (unpaired) electrons. The second-order valence-electron chi connectivity index (χ2n) is 7.90. The fraction of sp³-hybridized carbons (Fsp3) is 0.318. The molecule has 3 aliphatic heterocycles. The second-order valence-corrected chi connectivity index (χ2v) is 10.1. The van der Waals surface area contributed by atoms with Gasteiger partial charge >= 0.3 is 0 Å². The van der Waals surface area contributed by atoms with Crippen molar-refractivity contribution in [2.75, 3.05) is 18.2 Å². The number of rotatable bonds is 2. The van der Waals surface area contributed by atoms with Crippen molar-refractivity contribution in [3.63, 3.8) is 0 Å². The topological polar surface area (TPSA) is 72.9 Å². The average Bonchev–Trinajstić information content (AvgIpc) is 3.23. The molecule has 3 aliphatic rings. The van der Waals surface area contributed by atoms with Crippen LogP contribution in [0, 0.1) is 12.7 Å². The fourth-order valence-electron chi connectivity index (χ4n) is 4.30.